The number of fused-ring (bicyclic) bond motifs is 1. The maximum Gasteiger partial charge on any atom is 0.271 e. The van der Waals surface area contributed by atoms with Gasteiger partial charge < -0.3 is 14.8 Å². The maximum absolute atomic E-state index is 12.4. The number of hydrogen-bond donors (Lipinski definition) is 3. The second-order valence-corrected chi connectivity index (χ2v) is 5.47. The number of benzene rings is 2. The number of rotatable bonds is 3. The molecule has 0 bridgehead atoms. The number of phenolic OH excluding ortho intramolecular Hbond substituents is 1. The largest absolute Gasteiger partial charge is 0.504 e. The zero-order chi connectivity index (χ0) is 18.1. The van der Waals surface area contributed by atoms with E-state index in [4.69, 9.17) is 21.4 Å². The molecule has 0 aliphatic rings. The minimum atomic E-state index is -0.721. The molecule has 2 aromatic carbocycles. The van der Waals surface area contributed by atoms with Crippen LogP contribution in [0.5, 0.6) is 5.75 Å². The molecule has 0 aliphatic carbocycles. The topological polar surface area (TPSA) is 129 Å². The van der Waals surface area contributed by atoms with Crippen molar-refractivity contribution in [1.29, 1.82) is 5.41 Å². The fourth-order valence-corrected chi connectivity index (χ4v) is 2.39. The molecule has 1 aromatic heterocycles. The van der Waals surface area contributed by atoms with Crippen LogP contribution < -0.4 is 10.9 Å². The zero-order valence-electron chi connectivity index (χ0n) is 12.4. The summed E-state index contributed by atoms with van der Waals surface area (Å²) in [4.78, 5) is 22.6. The molecule has 126 valence electrons. The van der Waals surface area contributed by atoms with Gasteiger partial charge in [0.15, 0.2) is 11.3 Å². The number of amides is 1. The summed E-state index contributed by atoms with van der Waals surface area (Å²) < 4.78 is 5.19. The van der Waals surface area contributed by atoms with Gasteiger partial charge >= 0.3 is 0 Å². The number of halogens is 1. The summed E-state index contributed by atoms with van der Waals surface area (Å²) >= 11 is 5.95. The van der Waals surface area contributed by atoms with E-state index >= 15 is 0 Å². The Morgan fingerprint density at radius 2 is 2.04 bits per heavy atom. The fourth-order valence-electron chi connectivity index (χ4n) is 2.23. The lowest BCUT2D eigenvalue weighted by Gasteiger charge is -2.08. The predicted molar refractivity (Wildman–Crippen MR) is 89.8 cm³/mol. The average molecular weight is 360 g/mol. The summed E-state index contributed by atoms with van der Waals surface area (Å²) in [5, 5.41) is 31.3. The molecule has 0 saturated heterocycles. The third kappa shape index (κ3) is 3.15. The van der Waals surface area contributed by atoms with Crippen molar-refractivity contribution in [3.63, 3.8) is 0 Å². The number of carbonyl (C=O) groups excluding carboxylic acids is 1. The average Bonchev–Trinajstić information content (AvgIpc) is 2.57. The lowest BCUT2D eigenvalue weighted by Crippen LogP contribution is -2.21. The molecule has 0 unspecified atom stereocenters. The summed E-state index contributed by atoms with van der Waals surface area (Å²) in [6, 6.07) is 9.57. The van der Waals surface area contributed by atoms with E-state index in [1.54, 1.807) is 12.1 Å². The Morgan fingerprint density at radius 1 is 1.28 bits per heavy atom. The van der Waals surface area contributed by atoms with Crippen molar-refractivity contribution in [2.75, 3.05) is 5.32 Å². The van der Waals surface area contributed by atoms with E-state index in [2.05, 4.69) is 5.32 Å². The van der Waals surface area contributed by atoms with Gasteiger partial charge in [-0.3, -0.25) is 20.3 Å². The van der Waals surface area contributed by atoms with Crippen molar-refractivity contribution in [2.24, 2.45) is 0 Å². The van der Waals surface area contributed by atoms with Crippen LogP contribution in [0.2, 0.25) is 5.02 Å². The highest BCUT2D eigenvalue weighted by Crippen LogP contribution is 2.27. The van der Waals surface area contributed by atoms with Gasteiger partial charge in [0, 0.05) is 17.5 Å². The van der Waals surface area contributed by atoms with Crippen LogP contribution in [0.15, 0.2) is 46.9 Å². The number of non-ortho nitro benzene ring substituents is 1. The van der Waals surface area contributed by atoms with Crippen molar-refractivity contribution in [3.05, 3.63) is 68.7 Å². The lowest BCUT2D eigenvalue weighted by atomic mass is 10.1. The van der Waals surface area contributed by atoms with Gasteiger partial charge in [-0.25, -0.2) is 0 Å². The molecule has 9 heteroatoms. The van der Waals surface area contributed by atoms with Crippen LogP contribution in [0.1, 0.15) is 10.4 Å². The Morgan fingerprint density at radius 3 is 2.76 bits per heavy atom. The van der Waals surface area contributed by atoms with Crippen LogP contribution >= 0.6 is 11.6 Å². The fraction of sp³-hybridized carbons (Fsp3) is 0. The number of aromatic hydroxyl groups is 1. The van der Waals surface area contributed by atoms with Gasteiger partial charge in [-0.05, 0) is 18.2 Å². The van der Waals surface area contributed by atoms with Crippen LogP contribution in [0, 0.1) is 15.5 Å². The van der Waals surface area contributed by atoms with Gasteiger partial charge in [0.25, 0.3) is 11.6 Å². The molecule has 3 rings (SSSR count). The van der Waals surface area contributed by atoms with Gasteiger partial charge in [0.2, 0.25) is 5.55 Å². The highest BCUT2D eigenvalue weighted by atomic mass is 35.5. The van der Waals surface area contributed by atoms with E-state index in [9.17, 15) is 20.0 Å². The third-order valence-corrected chi connectivity index (χ3v) is 3.76. The summed E-state index contributed by atoms with van der Waals surface area (Å²) in [6.07, 6.45) is 0. The van der Waals surface area contributed by atoms with Gasteiger partial charge in [0.1, 0.15) is 5.56 Å². The molecule has 25 heavy (non-hydrogen) atoms. The summed E-state index contributed by atoms with van der Waals surface area (Å²) in [7, 11) is 0. The molecule has 0 fully saturated rings. The van der Waals surface area contributed by atoms with Crippen molar-refractivity contribution < 1.29 is 19.2 Å². The molecule has 0 radical (unpaired) electrons. The second kappa shape index (κ2) is 6.25. The number of nitrogens with one attached hydrogen (secondary N) is 2. The first-order chi connectivity index (χ1) is 11.9. The number of para-hydroxylation sites is 1. The number of nitrogens with zero attached hydrogens (tertiary/aromatic N) is 1. The van der Waals surface area contributed by atoms with Crippen molar-refractivity contribution in [1.82, 2.24) is 0 Å². The number of nitro groups is 1. The maximum atomic E-state index is 12.4. The van der Waals surface area contributed by atoms with Crippen molar-refractivity contribution in [3.8, 4) is 5.75 Å². The number of phenols is 1. The molecule has 0 saturated carbocycles. The van der Waals surface area contributed by atoms with Crippen LogP contribution in [-0.4, -0.2) is 15.9 Å². The van der Waals surface area contributed by atoms with Crippen LogP contribution in [-0.2, 0) is 0 Å². The molecule has 3 aromatic rings. The van der Waals surface area contributed by atoms with E-state index in [1.807, 2.05) is 0 Å². The number of anilines is 1. The minimum absolute atomic E-state index is 0.0382. The standard InChI is InChI=1S/C16H10ClN3O5/c17-11-5-4-9(20(23)24)7-12(11)19-16(22)10-6-8-2-1-3-13(21)14(8)25-15(10)18/h1-7,18,21H,(H,19,22). The number of hydrogen-bond acceptors (Lipinski definition) is 6. The molecule has 0 aliphatic heterocycles. The van der Waals surface area contributed by atoms with Gasteiger partial charge in [0.05, 0.1) is 15.6 Å². The SMILES string of the molecule is N=c1oc2c(O)cccc2cc1C(=O)Nc1cc([N+](=O)[O-])ccc1Cl. The second-order valence-electron chi connectivity index (χ2n) is 5.06. The summed E-state index contributed by atoms with van der Waals surface area (Å²) in [5.41, 5.74) is -0.693. The first-order valence-electron chi connectivity index (χ1n) is 6.92. The Hall–Kier alpha value is -3.39. The predicted octanol–water partition coefficient (Wildman–Crippen LogP) is 3.43. The lowest BCUT2D eigenvalue weighted by molar-refractivity contribution is -0.384. The first kappa shape index (κ1) is 16.5. The number of carbonyl (C=O) groups is 1. The number of nitro benzene ring substituents is 1. The smallest absolute Gasteiger partial charge is 0.271 e. The molecule has 1 amide bonds. The Labute approximate surface area is 144 Å². The quantitative estimate of drug-likeness (QED) is 0.487. The monoisotopic (exact) mass is 359 g/mol. The zero-order valence-corrected chi connectivity index (χ0v) is 13.2. The Balaban J connectivity index is 2.01. The summed E-state index contributed by atoms with van der Waals surface area (Å²) in [6.45, 7) is 0. The highest BCUT2D eigenvalue weighted by Gasteiger charge is 2.16. The van der Waals surface area contributed by atoms with Gasteiger partial charge in [-0.15, -0.1) is 0 Å². The van der Waals surface area contributed by atoms with Crippen molar-refractivity contribution >= 4 is 39.9 Å². The summed E-state index contributed by atoms with van der Waals surface area (Å²) in [5.74, 6) is -0.874. The minimum Gasteiger partial charge on any atom is -0.504 e. The molecule has 0 atom stereocenters. The molecule has 1 heterocycles. The van der Waals surface area contributed by atoms with E-state index in [-0.39, 0.29) is 33.3 Å². The van der Waals surface area contributed by atoms with Crippen LogP contribution in [0.25, 0.3) is 11.0 Å². The normalized spacial score (nSPS) is 10.6. The van der Waals surface area contributed by atoms with E-state index < -0.39 is 16.4 Å². The molecular formula is C16H10ClN3O5. The van der Waals surface area contributed by atoms with Crippen molar-refractivity contribution in [2.45, 2.75) is 0 Å². The van der Waals surface area contributed by atoms with Gasteiger partial charge in [-0.1, -0.05) is 23.7 Å². The molecule has 3 N–H and O–H groups in total. The highest BCUT2D eigenvalue weighted by molar-refractivity contribution is 6.34. The molecule has 8 nitrogen and oxygen atoms in total. The van der Waals surface area contributed by atoms with Crippen LogP contribution in [0.4, 0.5) is 11.4 Å². The Bertz CT molecular complexity index is 1080. The van der Waals surface area contributed by atoms with E-state index in [0.717, 1.165) is 6.07 Å². The van der Waals surface area contributed by atoms with Gasteiger partial charge in [-0.2, -0.15) is 0 Å². The molecule has 0 spiro atoms. The molecular weight excluding hydrogens is 350 g/mol. The van der Waals surface area contributed by atoms with E-state index in [0.29, 0.717) is 5.39 Å². The van der Waals surface area contributed by atoms with E-state index in [1.165, 1.54) is 24.3 Å². The first-order valence-corrected chi connectivity index (χ1v) is 7.30. The third-order valence-electron chi connectivity index (χ3n) is 3.43. The Kier molecular flexibility index (Phi) is 4.12. The van der Waals surface area contributed by atoms with Crippen LogP contribution in [0.3, 0.4) is 0 Å².